The number of nitrogens with zero attached hydrogens (tertiary/aromatic N) is 1. The maximum Gasteiger partial charge on any atom is 0.248 e. The van der Waals surface area contributed by atoms with Crippen molar-refractivity contribution in [3.63, 3.8) is 0 Å². The highest BCUT2D eigenvalue weighted by Gasteiger charge is 2.26. The molecule has 0 bridgehead atoms. The molecule has 0 radical (unpaired) electrons. The summed E-state index contributed by atoms with van der Waals surface area (Å²) >= 11 is 0. The zero-order valence-electron chi connectivity index (χ0n) is 17.7. The summed E-state index contributed by atoms with van der Waals surface area (Å²) < 4.78 is 0. The molecule has 1 aliphatic heterocycles. The van der Waals surface area contributed by atoms with E-state index in [0.717, 1.165) is 25.9 Å². The second-order valence-electron chi connectivity index (χ2n) is 9.45. The van der Waals surface area contributed by atoms with E-state index in [1.54, 1.807) is 0 Å². The zero-order valence-corrected chi connectivity index (χ0v) is 17.7. The van der Waals surface area contributed by atoms with Crippen LogP contribution in [0.1, 0.15) is 67.4 Å². The lowest BCUT2D eigenvalue weighted by Gasteiger charge is -2.34. The lowest BCUT2D eigenvalue weighted by molar-refractivity contribution is 0.1000. The highest BCUT2D eigenvalue weighted by Crippen LogP contribution is 2.36. The smallest absolute Gasteiger partial charge is 0.248 e. The summed E-state index contributed by atoms with van der Waals surface area (Å²) in [6.45, 7) is 6.70. The summed E-state index contributed by atoms with van der Waals surface area (Å²) in [5.74, 6) is -0.358. The number of amides is 1. The van der Waals surface area contributed by atoms with Gasteiger partial charge in [0.25, 0.3) is 0 Å². The van der Waals surface area contributed by atoms with Gasteiger partial charge >= 0.3 is 0 Å². The summed E-state index contributed by atoms with van der Waals surface area (Å²) in [5, 5.41) is 3.75. The number of nitrogens with two attached hydrogens (primary N) is 1. The monoisotopic (exact) mass is 391 g/mol. The summed E-state index contributed by atoms with van der Waals surface area (Å²) in [5.41, 5.74) is 11.5. The number of carbonyl (C=O) groups is 1. The SMILES string of the molecule is CC1(C)CCC(NCc2ccc(N3CCCc4cc(C(N)=O)ccc43)cc2)CC1. The molecular weight excluding hydrogens is 358 g/mol. The van der Waals surface area contributed by atoms with Crippen molar-refractivity contribution in [3.05, 3.63) is 59.2 Å². The molecule has 29 heavy (non-hydrogen) atoms. The summed E-state index contributed by atoms with van der Waals surface area (Å²) in [6.07, 6.45) is 7.26. The first-order chi connectivity index (χ1) is 13.9. The Hall–Kier alpha value is -2.33. The van der Waals surface area contributed by atoms with Gasteiger partial charge in [0.05, 0.1) is 0 Å². The quantitative estimate of drug-likeness (QED) is 0.760. The maximum absolute atomic E-state index is 11.5. The molecule has 0 saturated heterocycles. The summed E-state index contributed by atoms with van der Waals surface area (Å²) in [6, 6.07) is 15.4. The Labute approximate surface area is 174 Å². The molecule has 154 valence electrons. The van der Waals surface area contributed by atoms with Crippen molar-refractivity contribution in [1.82, 2.24) is 5.32 Å². The van der Waals surface area contributed by atoms with Gasteiger partial charge in [-0.25, -0.2) is 0 Å². The van der Waals surface area contributed by atoms with Gasteiger partial charge in [0.15, 0.2) is 0 Å². The molecule has 0 unspecified atom stereocenters. The van der Waals surface area contributed by atoms with Gasteiger partial charge in [-0.1, -0.05) is 26.0 Å². The molecular formula is C25H33N3O. The van der Waals surface area contributed by atoms with Crippen LogP contribution in [0.15, 0.2) is 42.5 Å². The highest BCUT2D eigenvalue weighted by atomic mass is 16.1. The normalized spacial score (nSPS) is 19.0. The molecule has 4 nitrogen and oxygen atoms in total. The van der Waals surface area contributed by atoms with Crippen LogP contribution >= 0.6 is 0 Å². The highest BCUT2D eigenvalue weighted by molar-refractivity contribution is 5.93. The Kier molecular flexibility index (Phi) is 5.64. The van der Waals surface area contributed by atoms with Crippen LogP contribution in [0.25, 0.3) is 0 Å². The Morgan fingerprint density at radius 3 is 2.55 bits per heavy atom. The number of fused-ring (bicyclic) bond motifs is 1. The van der Waals surface area contributed by atoms with Crippen molar-refractivity contribution < 1.29 is 4.79 Å². The van der Waals surface area contributed by atoms with Gasteiger partial charge in [-0.05, 0) is 85.4 Å². The lowest BCUT2D eigenvalue weighted by atomic mass is 9.75. The van der Waals surface area contributed by atoms with Crippen molar-refractivity contribution in [3.8, 4) is 0 Å². The molecule has 0 aromatic heterocycles. The first kappa shape index (κ1) is 20.0. The predicted molar refractivity (Wildman–Crippen MR) is 120 cm³/mol. The molecule has 2 aliphatic rings. The van der Waals surface area contributed by atoms with Crippen LogP contribution in [0.3, 0.4) is 0 Å². The van der Waals surface area contributed by atoms with Gasteiger partial charge in [0.1, 0.15) is 0 Å². The second kappa shape index (κ2) is 8.19. The number of hydrogen-bond donors (Lipinski definition) is 2. The number of hydrogen-bond acceptors (Lipinski definition) is 3. The van der Waals surface area contributed by atoms with Gasteiger partial charge < -0.3 is 16.0 Å². The first-order valence-corrected chi connectivity index (χ1v) is 10.9. The Balaban J connectivity index is 1.41. The standard InChI is InChI=1S/C25H33N3O/c1-25(2)13-11-21(12-14-25)27-17-18-5-8-22(9-6-18)28-15-3-4-19-16-20(24(26)29)7-10-23(19)28/h5-10,16,21,27H,3-4,11-15,17H2,1-2H3,(H2,26,29). The van der Waals surface area contributed by atoms with Crippen molar-refractivity contribution in [2.24, 2.45) is 11.1 Å². The average Bonchev–Trinajstić information content (AvgIpc) is 2.72. The number of rotatable bonds is 5. The van der Waals surface area contributed by atoms with Crippen LogP contribution in [0.5, 0.6) is 0 Å². The van der Waals surface area contributed by atoms with E-state index in [4.69, 9.17) is 5.73 Å². The van der Waals surface area contributed by atoms with Gasteiger partial charge in [-0.2, -0.15) is 0 Å². The third kappa shape index (κ3) is 4.64. The average molecular weight is 392 g/mol. The van der Waals surface area contributed by atoms with Crippen LogP contribution in [0, 0.1) is 5.41 Å². The van der Waals surface area contributed by atoms with Crippen LogP contribution in [0.2, 0.25) is 0 Å². The number of primary amides is 1. The second-order valence-corrected chi connectivity index (χ2v) is 9.45. The first-order valence-electron chi connectivity index (χ1n) is 10.9. The molecule has 1 aliphatic carbocycles. The minimum absolute atomic E-state index is 0.358. The van der Waals surface area contributed by atoms with Crippen molar-refractivity contribution in [2.75, 3.05) is 11.4 Å². The lowest BCUT2D eigenvalue weighted by Crippen LogP contribution is -2.35. The van der Waals surface area contributed by atoms with Gasteiger partial charge in [-0.3, -0.25) is 4.79 Å². The maximum atomic E-state index is 11.5. The number of nitrogens with one attached hydrogen (secondary N) is 1. The molecule has 3 N–H and O–H groups in total. The molecule has 0 spiro atoms. The third-order valence-electron chi connectivity index (χ3n) is 6.66. The fourth-order valence-corrected chi connectivity index (χ4v) is 4.68. The fourth-order valence-electron chi connectivity index (χ4n) is 4.68. The predicted octanol–water partition coefficient (Wildman–Crippen LogP) is 4.93. The minimum atomic E-state index is -0.358. The Bertz CT molecular complexity index is 862. The van der Waals surface area contributed by atoms with E-state index in [-0.39, 0.29) is 5.91 Å². The molecule has 4 heteroatoms. The van der Waals surface area contributed by atoms with Crippen LogP contribution in [-0.4, -0.2) is 18.5 Å². The van der Waals surface area contributed by atoms with E-state index in [0.29, 0.717) is 17.0 Å². The van der Waals surface area contributed by atoms with Crippen LogP contribution in [-0.2, 0) is 13.0 Å². The van der Waals surface area contributed by atoms with Crippen molar-refractivity contribution in [1.29, 1.82) is 0 Å². The molecule has 4 rings (SSSR count). The fraction of sp³-hybridized carbons (Fsp3) is 0.480. The van der Waals surface area contributed by atoms with E-state index in [9.17, 15) is 4.79 Å². The largest absolute Gasteiger partial charge is 0.366 e. The molecule has 1 amide bonds. The number of anilines is 2. The minimum Gasteiger partial charge on any atom is -0.366 e. The van der Waals surface area contributed by atoms with Gasteiger partial charge in [0.2, 0.25) is 5.91 Å². The number of carbonyl (C=O) groups excluding carboxylic acids is 1. The Morgan fingerprint density at radius 2 is 1.86 bits per heavy atom. The molecule has 2 aromatic rings. The molecule has 0 atom stereocenters. The van der Waals surface area contributed by atoms with E-state index in [1.165, 1.54) is 48.2 Å². The molecule has 1 saturated carbocycles. The summed E-state index contributed by atoms with van der Waals surface area (Å²) in [4.78, 5) is 13.8. The molecule has 1 fully saturated rings. The van der Waals surface area contributed by atoms with Crippen LogP contribution < -0.4 is 16.0 Å². The summed E-state index contributed by atoms with van der Waals surface area (Å²) in [7, 11) is 0. The van der Waals surface area contributed by atoms with E-state index in [2.05, 4.69) is 48.3 Å². The van der Waals surface area contributed by atoms with E-state index < -0.39 is 0 Å². The zero-order chi connectivity index (χ0) is 20.4. The van der Waals surface area contributed by atoms with E-state index in [1.807, 2.05) is 18.2 Å². The van der Waals surface area contributed by atoms with Crippen molar-refractivity contribution in [2.45, 2.75) is 65.0 Å². The van der Waals surface area contributed by atoms with Crippen LogP contribution in [0.4, 0.5) is 11.4 Å². The Morgan fingerprint density at radius 1 is 1.14 bits per heavy atom. The van der Waals surface area contributed by atoms with Gasteiger partial charge in [-0.15, -0.1) is 0 Å². The number of aryl methyl sites for hydroxylation is 1. The number of benzene rings is 2. The molecule has 1 heterocycles. The van der Waals surface area contributed by atoms with Gasteiger partial charge in [0, 0.05) is 36.1 Å². The van der Waals surface area contributed by atoms with E-state index >= 15 is 0 Å². The third-order valence-corrected chi connectivity index (χ3v) is 6.66. The topological polar surface area (TPSA) is 58.4 Å². The molecule has 2 aromatic carbocycles. The van der Waals surface area contributed by atoms with Crippen molar-refractivity contribution >= 4 is 17.3 Å².